The smallest absolute Gasteiger partial charge is 0.311 e. The van der Waals surface area contributed by atoms with E-state index in [-0.39, 0.29) is 5.91 Å². The van der Waals surface area contributed by atoms with Crippen molar-refractivity contribution < 1.29 is 14.7 Å². The highest BCUT2D eigenvalue weighted by atomic mass is 16.4. The summed E-state index contributed by atoms with van der Waals surface area (Å²) in [7, 11) is 3.89. The zero-order valence-corrected chi connectivity index (χ0v) is 12.8. The minimum Gasteiger partial charge on any atom is -0.481 e. The van der Waals surface area contributed by atoms with Gasteiger partial charge in [0, 0.05) is 38.4 Å². The van der Waals surface area contributed by atoms with Crippen LogP contribution in [-0.2, 0) is 4.79 Å². The molecule has 1 aliphatic rings. The summed E-state index contributed by atoms with van der Waals surface area (Å²) in [6.07, 6.45) is 1.08. The quantitative estimate of drug-likeness (QED) is 0.922. The molecule has 1 atom stereocenters. The van der Waals surface area contributed by atoms with Gasteiger partial charge in [0.2, 0.25) is 0 Å². The minimum atomic E-state index is -0.803. The van der Waals surface area contributed by atoms with Gasteiger partial charge in [0.05, 0.1) is 5.41 Å². The number of hydrogen-bond acceptors (Lipinski definition) is 3. The molecule has 1 aromatic rings. The topological polar surface area (TPSA) is 60.9 Å². The number of anilines is 1. The molecule has 0 bridgehead atoms. The van der Waals surface area contributed by atoms with Gasteiger partial charge in [-0.15, -0.1) is 0 Å². The van der Waals surface area contributed by atoms with Gasteiger partial charge in [-0.2, -0.15) is 0 Å². The number of carbonyl (C=O) groups is 2. The summed E-state index contributed by atoms with van der Waals surface area (Å²) >= 11 is 0. The van der Waals surface area contributed by atoms with Crippen molar-refractivity contribution >= 4 is 17.6 Å². The van der Waals surface area contributed by atoms with Crippen molar-refractivity contribution in [3.8, 4) is 0 Å². The fourth-order valence-corrected chi connectivity index (χ4v) is 2.74. The molecule has 1 fully saturated rings. The van der Waals surface area contributed by atoms with Gasteiger partial charge in [-0.25, -0.2) is 0 Å². The maximum absolute atomic E-state index is 12.5. The van der Waals surface area contributed by atoms with E-state index >= 15 is 0 Å². The Morgan fingerprint density at radius 2 is 1.90 bits per heavy atom. The zero-order chi connectivity index (χ0) is 15.6. The summed E-state index contributed by atoms with van der Waals surface area (Å²) in [5.74, 6) is -0.889. The number of nitrogens with zero attached hydrogens (tertiary/aromatic N) is 2. The molecular weight excluding hydrogens is 268 g/mol. The number of amides is 1. The first kappa shape index (κ1) is 15.4. The number of carboxylic acids is 1. The first-order valence-electron chi connectivity index (χ1n) is 7.20. The lowest BCUT2D eigenvalue weighted by molar-refractivity contribution is -0.148. The van der Waals surface area contributed by atoms with Crippen LogP contribution in [0.2, 0.25) is 0 Å². The van der Waals surface area contributed by atoms with Crippen LogP contribution in [0, 0.1) is 5.41 Å². The summed E-state index contributed by atoms with van der Waals surface area (Å²) in [6.45, 7) is 2.68. The Labute approximate surface area is 125 Å². The molecule has 0 radical (unpaired) electrons. The maximum atomic E-state index is 12.5. The first-order chi connectivity index (χ1) is 9.89. The third kappa shape index (κ3) is 2.86. The third-order valence-electron chi connectivity index (χ3n) is 4.40. The van der Waals surface area contributed by atoms with Gasteiger partial charge in [0.15, 0.2) is 0 Å². The van der Waals surface area contributed by atoms with Crippen LogP contribution in [0.15, 0.2) is 24.3 Å². The lowest BCUT2D eigenvalue weighted by atomic mass is 9.84. The van der Waals surface area contributed by atoms with Gasteiger partial charge in [-0.05, 0) is 37.1 Å². The average Bonchev–Trinajstić information content (AvgIpc) is 2.92. The van der Waals surface area contributed by atoms with Gasteiger partial charge in [0.25, 0.3) is 5.91 Å². The molecule has 1 saturated heterocycles. The number of rotatable bonds is 4. The van der Waals surface area contributed by atoms with Crippen molar-refractivity contribution in [2.75, 3.05) is 32.1 Å². The molecular formula is C16H22N2O3. The fraction of sp³-hybridized carbons (Fsp3) is 0.500. The van der Waals surface area contributed by atoms with Crippen LogP contribution >= 0.6 is 0 Å². The van der Waals surface area contributed by atoms with Gasteiger partial charge in [0.1, 0.15) is 0 Å². The van der Waals surface area contributed by atoms with E-state index in [0.717, 1.165) is 5.69 Å². The Morgan fingerprint density at radius 3 is 2.33 bits per heavy atom. The maximum Gasteiger partial charge on any atom is 0.311 e. The van der Waals surface area contributed by atoms with E-state index in [4.69, 9.17) is 0 Å². The van der Waals surface area contributed by atoms with Gasteiger partial charge >= 0.3 is 5.97 Å². The summed E-state index contributed by atoms with van der Waals surface area (Å²) in [4.78, 5) is 27.5. The van der Waals surface area contributed by atoms with Gasteiger partial charge < -0.3 is 14.9 Å². The number of hydrogen-bond donors (Lipinski definition) is 1. The van der Waals surface area contributed by atoms with E-state index < -0.39 is 11.4 Å². The Bertz CT molecular complexity index is 539. The number of aliphatic carboxylic acids is 1. The highest BCUT2D eigenvalue weighted by Crippen LogP contribution is 2.34. The molecule has 114 valence electrons. The third-order valence-corrected chi connectivity index (χ3v) is 4.40. The minimum absolute atomic E-state index is 0.0862. The molecule has 1 amide bonds. The van der Waals surface area contributed by atoms with Crippen LogP contribution in [0.4, 0.5) is 5.69 Å². The standard InChI is InChI=1S/C16H22N2O3/c1-4-16(15(20)21)9-10-18(11-16)14(19)12-5-7-13(8-6-12)17(2)3/h5-8H,4,9-11H2,1-3H3,(H,20,21). The van der Waals surface area contributed by atoms with Crippen molar-refractivity contribution in [2.45, 2.75) is 19.8 Å². The van der Waals surface area contributed by atoms with E-state index in [2.05, 4.69) is 0 Å². The van der Waals surface area contributed by atoms with Crippen LogP contribution in [0.3, 0.4) is 0 Å². The Morgan fingerprint density at radius 1 is 1.29 bits per heavy atom. The van der Waals surface area contributed by atoms with Crippen molar-refractivity contribution in [3.05, 3.63) is 29.8 Å². The molecule has 0 saturated carbocycles. The number of benzene rings is 1. The highest BCUT2D eigenvalue weighted by molar-refractivity contribution is 5.95. The number of likely N-dealkylation sites (tertiary alicyclic amines) is 1. The van der Waals surface area contributed by atoms with Crippen molar-refractivity contribution in [1.29, 1.82) is 0 Å². The van der Waals surface area contributed by atoms with Crippen molar-refractivity contribution in [1.82, 2.24) is 4.90 Å². The predicted octanol–water partition coefficient (Wildman–Crippen LogP) is 2.08. The number of carboxylic acid groups (broad SMARTS) is 1. The largest absolute Gasteiger partial charge is 0.481 e. The van der Waals surface area contributed by atoms with Crippen molar-refractivity contribution in [3.63, 3.8) is 0 Å². The molecule has 0 aromatic heterocycles. The first-order valence-corrected chi connectivity index (χ1v) is 7.20. The van der Waals surface area contributed by atoms with E-state index in [9.17, 15) is 14.7 Å². The molecule has 1 heterocycles. The Balaban J connectivity index is 2.13. The fourth-order valence-electron chi connectivity index (χ4n) is 2.74. The molecule has 1 aromatic carbocycles. The van der Waals surface area contributed by atoms with E-state index in [1.165, 1.54) is 0 Å². The van der Waals surface area contributed by atoms with Crippen LogP contribution < -0.4 is 4.90 Å². The molecule has 1 aliphatic heterocycles. The molecule has 5 nitrogen and oxygen atoms in total. The molecule has 5 heteroatoms. The molecule has 1 N–H and O–H groups in total. The second-order valence-corrected chi connectivity index (χ2v) is 5.86. The molecule has 1 unspecified atom stereocenters. The Kier molecular flexibility index (Phi) is 4.21. The lowest BCUT2D eigenvalue weighted by Crippen LogP contribution is -2.36. The molecule has 2 rings (SSSR count). The van der Waals surface area contributed by atoms with E-state index in [1.54, 1.807) is 17.0 Å². The predicted molar refractivity (Wildman–Crippen MR) is 81.6 cm³/mol. The van der Waals surface area contributed by atoms with Gasteiger partial charge in [-0.3, -0.25) is 9.59 Å². The van der Waals surface area contributed by atoms with Crippen LogP contribution in [0.5, 0.6) is 0 Å². The SMILES string of the molecule is CCC1(C(=O)O)CCN(C(=O)c2ccc(N(C)C)cc2)C1. The number of carbonyl (C=O) groups excluding carboxylic acids is 1. The molecule has 21 heavy (non-hydrogen) atoms. The summed E-state index contributed by atoms with van der Waals surface area (Å²) in [5, 5.41) is 9.39. The van der Waals surface area contributed by atoms with E-state index in [1.807, 2.05) is 38.1 Å². The molecule has 0 aliphatic carbocycles. The summed E-state index contributed by atoms with van der Waals surface area (Å²) in [6, 6.07) is 7.38. The van der Waals surface area contributed by atoms with Crippen LogP contribution in [0.25, 0.3) is 0 Å². The molecule has 0 spiro atoms. The summed E-state index contributed by atoms with van der Waals surface area (Å²) in [5.41, 5.74) is 0.860. The van der Waals surface area contributed by atoms with Crippen molar-refractivity contribution in [2.24, 2.45) is 5.41 Å². The second kappa shape index (κ2) is 5.76. The second-order valence-electron chi connectivity index (χ2n) is 5.86. The van der Waals surface area contributed by atoms with E-state index in [0.29, 0.717) is 31.5 Å². The lowest BCUT2D eigenvalue weighted by Gasteiger charge is -2.23. The average molecular weight is 290 g/mol. The van der Waals surface area contributed by atoms with Gasteiger partial charge in [-0.1, -0.05) is 6.92 Å². The summed E-state index contributed by atoms with van der Waals surface area (Å²) < 4.78 is 0. The zero-order valence-electron chi connectivity index (χ0n) is 12.8. The normalized spacial score (nSPS) is 21.4. The van der Waals surface area contributed by atoms with Crippen LogP contribution in [-0.4, -0.2) is 49.1 Å². The Hall–Kier alpha value is -2.04. The monoisotopic (exact) mass is 290 g/mol. The highest BCUT2D eigenvalue weighted by Gasteiger charge is 2.44. The van der Waals surface area contributed by atoms with Crippen LogP contribution in [0.1, 0.15) is 30.1 Å².